The number of aromatic nitrogens is 5. The van der Waals surface area contributed by atoms with Gasteiger partial charge in [0.2, 0.25) is 11.9 Å². The Hall–Kier alpha value is -4.84. The van der Waals surface area contributed by atoms with E-state index >= 15 is 0 Å². The Morgan fingerprint density at radius 3 is 2.33 bits per heavy atom. The molecule has 0 radical (unpaired) electrons. The summed E-state index contributed by atoms with van der Waals surface area (Å²) in [5.41, 5.74) is 2.54. The van der Waals surface area contributed by atoms with Crippen LogP contribution < -0.4 is 10.6 Å². The number of nitrogens with one attached hydrogen (secondary N) is 4. The molecular weight excluding hydrogens is 482 g/mol. The maximum absolute atomic E-state index is 12.9. The number of benzene rings is 2. The molecule has 0 spiro atoms. The summed E-state index contributed by atoms with van der Waals surface area (Å²) < 4.78 is 23.4. The van der Waals surface area contributed by atoms with E-state index in [4.69, 9.17) is 0 Å². The van der Waals surface area contributed by atoms with E-state index in [0.29, 0.717) is 33.8 Å². The molecule has 4 N–H and O–H groups in total. The molecule has 0 saturated heterocycles. The van der Waals surface area contributed by atoms with Crippen molar-refractivity contribution in [1.82, 2.24) is 24.9 Å². The fourth-order valence-corrected chi connectivity index (χ4v) is 4.18. The molecule has 3 heterocycles. The van der Waals surface area contributed by atoms with Gasteiger partial charge in [0.05, 0.1) is 21.7 Å². The predicted octanol–water partition coefficient (Wildman–Crippen LogP) is 3.26. The zero-order valence-corrected chi connectivity index (χ0v) is 19.6. The molecule has 3 aromatic heterocycles. The number of hydrogen-bond acceptors (Lipinski definition) is 7. The van der Waals surface area contributed by atoms with Crippen LogP contribution >= 0.6 is 0 Å². The number of rotatable bonds is 6. The van der Waals surface area contributed by atoms with Gasteiger partial charge in [0.1, 0.15) is 11.2 Å². The smallest absolute Gasteiger partial charge is 0.276 e. The highest BCUT2D eigenvalue weighted by Gasteiger charge is 2.17. The second-order valence-corrected chi connectivity index (χ2v) is 9.85. The van der Waals surface area contributed by atoms with Gasteiger partial charge in [0.25, 0.3) is 11.8 Å². The third-order valence-electron chi connectivity index (χ3n) is 5.28. The van der Waals surface area contributed by atoms with Gasteiger partial charge < -0.3 is 9.97 Å². The van der Waals surface area contributed by atoms with Gasteiger partial charge in [-0.15, -0.1) is 0 Å². The molecule has 12 heteroatoms. The predicted molar refractivity (Wildman–Crippen MR) is 133 cm³/mol. The first-order chi connectivity index (χ1) is 17.3. The van der Waals surface area contributed by atoms with Crippen molar-refractivity contribution in [3.8, 4) is 11.3 Å². The highest BCUT2D eigenvalue weighted by Crippen LogP contribution is 2.22. The minimum absolute atomic E-state index is 0.135. The Morgan fingerprint density at radius 2 is 1.61 bits per heavy atom. The van der Waals surface area contributed by atoms with Gasteiger partial charge in [0, 0.05) is 24.2 Å². The number of fused-ring (bicyclic) bond motifs is 1. The lowest BCUT2D eigenvalue weighted by Gasteiger charge is -2.06. The van der Waals surface area contributed by atoms with Gasteiger partial charge >= 0.3 is 0 Å². The Morgan fingerprint density at radius 1 is 0.861 bits per heavy atom. The van der Waals surface area contributed by atoms with E-state index in [1.54, 1.807) is 54.7 Å². The Labute approximate surface area is 205 Å². The molecule has 2 aromatic carbocycles. The first-order valence-corrected chi connectivity index (χ1v) is 12.6. The average Bonchev–Trinajstić information content (AvgIpc) is 3.52. The first-order valence-electron chi connectivity index (χ1n) is 10.7. The fourth-order valence-electron chi connectivity index (χ4n) is 3.55. The van der Waals surface area contributed by atoms with Crippen LogP contribution in [0.2, 0.25) is 0 Å². The number of carbonyl (C=O) groups excluding carboxylic acids is 2. The van der Waals surface area contributed by atoms with Gasteiger partial charge in [-0.05, 0) is 36.4 Å². The van der Waals surface area contributed by atoms with Crippen molar-refractivity contribution >= 4 is 44.6 Å². The number of hydrogen-bond donors (Lipinski definition) is 4. The molecule has 11 nitrogen and oxygen atoms in total. The van der Waals surface area contributed by atoms with Crippen molar-refractivity contribution in [3.05, 3.63) is 84.3 Å². The topological polar surface area (TPSA) is 163 Å². The normalized spacial score (nSPS) is 11.4. The number of anilines is 2. The molecule has 180 valence electrons. The number of carbonyl (C=O) groups is 2. The molecule has 0 fully saturated rings. The van der Waals surface area contributed by atoms with E-state index in [2.05, 4.69) is 35.6 Å². The SMILES string of the molecule is CS(=O)(=O)c1ccc(-c2cccc(C(=O)Nc3nc4c(C(=O)Nc5ncc[nH]5)cccc4[nH]3)n2)cc1. The Balaban J connectivity index is 1.37. The molecular formula is C24H19N7O4S. The zero-order chi connectivity index (χ0) is 25.3. The summed E-state index contributed by atoms with van der Waals surface area (Å²) in [4.78, 5) is 44.3. The monoisotopic (exact) mass is 501 g/mol. The van der Waals surface area contributed by atoms with Crippen molar-refractivity contribution in [2.75, 3.05) is 16.9 Å². The summed E-state index contributed by atoms with van der Waals surface area (Å²) in [6.45, 7) is 0. The molecule has 0 saturated carbocycles. The van der Waals surface area contributed by atoms with E-state index in [9.17, 15) is 18.0 Å². The van der Waals surface area contributed by atoms with Crippen LogP contribution in [-0.2, 0) is 9.84 Å². The van der Waals surface area contributed by atoms with E-state index in [1.807, 2.05) is 0 Å². The molecule has 0 aliphatic rings. The maximum Gasteiger partial charge on any atom is 0.276 e. The van der Waals surface area contributed by atoms with E-state index < -0.39 is 21.7 Å². The Kier molecular flexibility index (Phi) is 5.78. The number of sulfone groups is 1. The fraction of sp³-hybridized carbons (Fsp3) is 0.0417. The molecule has 0 atom stereocenters. The molecule has 2 amide bonds. The van der Waals surface area contributed by atoms with Crippen molar-refractivity contribution in [2.45, 2.75) is 4.90 Å². The maximum atomic E-state index is 12.9. The number of nitrogens with zero attached hydrogens (tertiary/aromatic N) is 3. The van der Waals surface area contributed by atoms with Crippen LogP contribution in [0.25, 0.3) is 22.3 Å². The largest absolute Gasteiger partial charge is 0.331 e. The van der Waals surface area contributed by atoms with E-state index in [0.717, 1.165) is 6.26 Å². The third-order valence-corrected chi connectivity index (χ3v) is 6.41. The lowest BCUT2D eigenvalue weighted by atomic mass is 10.1. The van der Waals surface area contributed by atoms with Crippen molar-refractivity contribution in [3.63, 3.8) is 0 Å². The number of aromatic amines is 2. The van der Waals surface area contributed by atoms with Crippen LogP contribution in [0.3, 0.4) is 0 Å². The van der Waals surface area contributed by atoms with Crippen LogP contribution in [0.5, 0.6) is 0 Å². The second-order valence-electron chi connectivity index (χ2n) is 7.84. The summed E-state index contributed by atoms with van der Waals surface area (Å²) in [6.07, 6.45) is 4.25. The number of pyridine rings is 1. The number of H-pyrrole nitrogens is 2. The lowest BCUT2D eigenvalue weighted by Crippen LogP contribution is -2.15. The molecule has 0 aliphatic heterocycles. The van der Waals surface area contributed by atoms with Crippen molar-refractivity contribution in [2.24, 2.45) is 0 Å². The van der Waals surface area contributed by atoms with Gasteiger partial charge in [-0.3, -0.25) is 20.2 Å². The summed E-state index contributed by atoms with van der Waals surface area (Å²) in [5.74, 6) is -0.461. The molecule has 0 bridgehead atoms. The molecule has 0 unspecified atom stereocenters. The summed E-state index contributed by atoms with van der Waals surface area (Å²) in [5, 5.41) is 5.32. The van der Waals surface area contributed by atoms with Crippen LogP contribution in [0.15, 0.2) is 78.0 Å². The average molecular weight is 502 g/mol. The van der Waals surface area contributed by atoms with E-state index in [1.165, 1.54) is 18.3 Å². The van der Waals surface area contributed by atoms with Crippen LogP contribution in [0, 0.1) is 0 Å². The summed E-state index contributed by atoms with van der Waals surface area (Å²) in [6, 6.07) is 16.3. The van der Waals surface area contributed by atoms with Gasteiger partial charge in [0.15, 0.2) is 9.84 Å². The highest BCUT2D eigenvalue weighted by atomic mass is 32.2. The standard InChI is InChI=1S/C24H19N7O4S/c1-36(34,35)15-10-8-14(9-11-15)17-5-3-7-19(27-17)22(33)31-24-28-18-6-2-4-16(20(18)29-24)21(32)30-23-25-12-13-26-23/h2-13H,1H3,(H2,25,26,30,32)(H2,28,29,31,33). The van der Waals surface area contributed by atoms with Crippen molar-refractivity contribution < 1.29 is 18.0 Å². The molecule has 0 aliphatic carbocycles. The van der Waals surface area contributed by atoms with Gasteiger partial charge in [-0.25, -0.2) is 23.4 Å². The molecule has 5 rings (SSSR count). The number of imidazole rings is 2. The lowest BCUT2D eigenvalue weighted by molar-refractivity contribution is 0.101. The minimum atomic E-state index is -3.32. The van der Waals surface area contributed by atoms with Gasteiger partial charge in [-0.1, -0.05) is 24.3 Å². The zero-order valence-electron chi connectivity index (χ0n) is 18.8. The van der Waals surface area contributed by atoms with E-state index in [-0.39, 0.29) is 16.5 Å². The van der Waals surface area contributed by atoms with Crippen molar-refractivity contribution in [1.29, 1.82) is 0 Å². The number of amides is 2. The summed E-state index contributed by atoms with van der Waals surface area (Å²) >= 11 is 0. The minimum Gasteiger partial charge on any atom is -0.331 e. The number of para-hydroxylation sites is 1. The summed E-state index contributed by atoms with van der Waals surface area (Å²) in [7, 11) is -3.32. The second kappa shape index (κ2) is 9.07. The molecule has 36 heavy (non-hydrogen) atoms. The quantitative estimate of drug-likeness (QED) is 0.277. The third kappa shape index (κ3) is 4.70. The Bertz CT molecular complexity index is 1690. The van der Waals surface area contributed by atoms with Crippen LogP contribution in [0.4, 0.5) is 11.9 Å². The highest BCUT2D eigenvalue weighted by molar-refractivity contribution is 7.90. The van der Waals surface area contributed by atoms with Crippen LogP contribution in [-0.4, -0.2) is 51.4 Å². The molecule has 5 aromatic rings. The van der Waals surface area contributed by atoms with Gasteiger partial charge in [-0.2, -0.15) is 0 Å². The first kappa shape index (κ1) is 22.9. The van der Waals surface area contributed by atoms with Crippen LogP contribution in [0.1, 0.15) is 20.8 Å².